The molecule has 2 heterocycles. The van der Waals surface area contributed by atoms with Crippen LogP contribution in [0.1, 0.15) is 49.5 Å². The number of aromatic nitrogens is 2. The summed E-state index contributed by atoms with van der Waals surface area (Å²) in [6, 6.07) is 2.79. The number of nitrogens with two attached hydrogens (primary N) is 1. The van der Waals surface area contributed by atoms with Crippen LogP contribution in [0.5, 0.6) is 0 Å². The molecular formula is C17H25N5O2. The van der Waals surface area contributed by atoms with Crippen molar-refractivity contribution in [3.8, 4) is 6.07 Å². The van der Waals surface area contributed by atoms with Gasteiger partial charge in [-0.2, -0.15) is 10.4 Å². The lowest BCUT2D eigenvalue weighted by Gasteiger charge is -2.51. The summed E-state index contributed by atoms with van der Waals surface area (Å²) >= 11 is 0. The van der Waals surface area contributed by atoms with E-state index in [1.807, 2.05) is 13.8 Å². The lowest BCUT2D eigenvalue weighted by Crippen LogP contribution is -2.59. The van der Waals surface area contributed by atoms with Gasteiger partial charge in [0, 0.05) is 31.2 Å². The van der Waals surface area contributed by atoms with Crippen molar-refractivity contribution >= 4 is 5.91 Å². The Morgan fingerprint density at radius 1 is 1.46 bits per heavy atom. The first-order chi connectivity index (χ1) is 11.3. The van der Waals surface area contributed by atoms with E-state index in [1.54, 1.807) is 10.9 Å². The molecule has 0 bridgehead atoms. The molecule has 1 saturated carbocycles. The monoisotopic (exact) mass is 331 g/mol. The van der Waals surface area contributed by atoms with E-state index in [0.29, 0.717) is 17.5 Å². The number of carbonyl (C=O) groups excluding carboxylic acids is 1. The third-order valence-electron chi connectivity index (χ3n) is 5.60. The summed E-state index contributed by atoms with van der Waals surface area (Å²) < 4.78 is 1.72. The molecule has 7 nitrogen and oxygen atoms in total. The first-order valence-corrected chi connectivity index (χ1v) is 8.49. The van der Waals surface area contributed by atoms with Crippen LogP contribution in [0, 0.1) is 23.2 Å². The molecule has 130 valence electrons. The number of nitrogens with zero attached hydrogens (tertiary/aromatic N) is 4. The van der Waals surface area contributed by atoms with Crippen molar-refractivity contribution in [3.63, 3.8) is 0 Å². The Balaban J connectivity index is 1.62. The summed E-state index contributed by atoms with van der Waals surface area (Å²) in [5.74, 6) is -0.327. The van der Waals surface area contributed by atoms with Gasteiger partial charge in [0.2, 0.25) is 0 Å². The SMILES string of the molecule is CC(C)(O)C1CN(C2CCC(n3cc(C(N)=O)cn3)C(C#N)C2)C1. The fourth-order valence-electron chi connectivity index (χ4n) is 3.82. The summed E-state index contributed by atoms with van der Waals surface area (Å²) in [4.78, 5) is 13.6. The van der Waals surface area contributed by atoms with E-state index in [9.17, 15) is 15.2 Å². The quantitative estimate of drug-likeness (QED) is 0.853. The van der Waals surface area contributed by atoms with Crippen molar-refractivity contribution in [1.29, 1.82) is 5.26 Å². The topological polar surface area (TPSA) is 108 Å². The first-order valence-electron chi connectivity index (χ1n) is 8.49. The maximum absolute atomic E-state index is 11.2. The third kappa shape index (κ3) is 3.17. The minimum absolute atomic E-state index is 0.00861. The van der Waals surface area contributed by atoms with Crippen LogP contribution in [-0.4, -0.2) is 50.4 Å². The zero-order chi connectivity index (χ0) is 17.5. The number of aliphatic hydroxyl groups is 1. The van der Waals surface area contributed by atoms with Gasteiger partial charge in [-0.3, -0.25) is 14.4 Å². The van der Waals surface area contributed by atoms with E-state index in [-0.39, 0.29) is 12.0 Å². The molecule has 7 heteroatoms. The Labute approximate surface area is 142 Å². The van der Waals surface area contributed by atoms with Gasteiger partial charge in [-0.1, -0.05) is 0 Å². The highest BCUT2D eigenvalue weighted by Gasteiger charge is 2.43. The van der Waals surface area contributed by atoms with Crippen molar-refractivity contribution in [3.05, 3.63) is 18.0 Å². The van der Waals surface area contributed by atoms with Crippen molar-refractivity contribution < 1.29 is 9.90 Å². The van der Waals surface area contributed by atoms with Crippen molar-refractivity contribution in [2.24, 2.45) is 17.6 Å². The van der Waals surface area contributed by atoms with Gasteiger partial charge in [0.05, 0.1) is 35.4 Å². The molecule has 1 amide bonds. The molecule has 2 fully saturated rings. The molecule has 3 N–H and O–H groups in total. The standard InChI is InChI=1S/C17H25N5O2/c1-17(2,24)13-9-21(10-13)14-3-4-15(11(5-14)6-18)22-8-12(7-20-22)16(19)23/h7-8,11,13-15,24H,3-5,9-10H2,1-2H3,(H2,19,23). The van der Waals surface area contributed by atoms with Crippen molar-refractivity contribution in [1.82, 2.24) is 14.7 Å². The van der Waals surface area contributed by atoms with E-state index in [1.165, 1.54) is 6.20 Å². The van der Waals surface area contributed by atoms with Crippen molar-refractivity contribution in [2.45, 2.75) is 50.8 Å². The average molecular weight is 331 g/mol. The number of hydrogen-bond acceptors (Lipinski definition) is 5. The summed E-state index contributed by atoms with van der Waals surface area (Å²) in [5.41, 5.74) is 5.02. The molecule has 0 spiro atoms. The Kier molecular flexibility index (Phi) is 4.37. The van der Waals surface area contributed by atoms with E-state index >= 15 is 0 Å². The molecular weight excluding hydrogens is 306 g/mol. The minimum Gasteiger partial charge on any atom is -0.390 e. The molecule has 3 unspecified atom stereocenters. The van der Waals surface area contributed by atoms with E-state index in [2.05, 4.69) is 16.1 Å². The predicted molar refractivity (Wildman–Crippen MR) is 87.9 cm³/mol. The summed E-state index contributed by atoms with van der Waals surface area (Å²) in [6.07, 6.45) is 5.75. The highest BCUT2D eigenvalue weighted by Crippen LogP contribution is 2.39. The van der Waals surface area contributed by atoms with Gasteiger partial charge in [-0.25, -0.2) is 0 Å². The second-order valence-electron chi connectivity index (χ2n) is 7.65. The van der Waals surface area contributed by atoms with Gasteiger partial charge in [-0.05, 0) is 33.1 Å². The molecule has 2 aliphatic rings. The van der Waals surface area contributed by atoms with E-state index in [0.717, 1.165) is 32.4 Å². The fourth-order valence-corrected chi connectivity index (χ4v) is 3.82. The Bertz CT molecular complexity index is 651. The van der Waals surface area contributed by atoms with Crippen LogP contribution in [0.15, 0.2) is 12.4 Å². The van der Waals surface area contributed by atoms with Crippen LogP contribution >= 0.6 is 0 Å². The Morgan fingerprint density at radius 3 is 2.71 bits per heavy atom. The first kappa shape index (κ1) is 16.9. The number of rotatable bonds is 4. The molecule has 3 rings (SSSR count). The number of amides is 1. The molecule has 0 aromatic carbocycles. The normalized spacial score (nSPS) is 29.0. The molecule has 3 atom stereocenters. The molecule has 1 aromatic rings. The predicted octanol–water partition coefficient (Wildman–Crippen LogP) is 0.918. The molecule has 24 heavy (non-hydrogen) atoms. The zero-order valence-electron chi connectivity index (χ0n) is 14.2. The number of primary amides is 1. The van der Waals surface area contributed by atoms with Gasteiger partial charge in [0.15, 0.2) is 0 Å². The molecule has 1 aliphatic heterocycles. The fraction of sp³-hybridized carbons (Fsp3) is 0.706. The van der Waals surface area contributed by atoms with Gasteiger partial charge in [0.1, 0.15) is 0 Å². The van der Waals surface area contributed by atoms with Crippen LogP contribution in [0.25, 0.3) is 0 Å². The van der Waals surface area contributed by atoms with Crippen LogP contribution < -0.4 is 5.73 Å². The Hall–Kier alpha value is -1.91. The second-order valence-corrected chi connectivity index (χ2v) is 7.65. The van der Waals surface area contributed by atoms with Gasteiger partial charge >= 0.3 is 0 Å². The number of carbonyl (C=O) groups is 1. The van der Waals surface area contributed by atoms with E-state index in [4.69, 9.17) is 5.73 Å². The number of hydrogen-bond donors (Lipinski definition) is 2. The maximum atomic E-state index is 11.2. The van der Waals surface area contributed by atoms with Crippen LogP contribution in [0.3, 0.4) is 0 Å². The third-order valence-corrected chi connectivity index (χ3v) is 5.60. The highest BCUT2D eigenvalue weighted by atomic mass is 16.3. The maximum Gasteiger partial charge on any atom is 0.251 e. The number of likely N-dealkylation sites (tertiary alicyclic amines) is 1. The van der Waals surface area contributed by atoms with E-state index < -0.39 is 11.5 Å². The smallest absolute Gasteiger partial charge is 0.251 e. The molecule has 1 saturated heterocycles. The molecule has 1 aliphatic carbocycles. The van der Waals surface area contributed by atoms with Gasteiger partial charge in [-0.15, -0.1) is 0 Å². The average Bonchev–Trinajstić information content (AvgIpc) is 2.93. The summed E-state index contributed by atoms with van der Waals surface area (Å²) in [7, 11) is 0. The summed E-state index contributed by atoms with van der Waals surface area (Å²) in [5, 5.41) is 23.9. The van der Waals surface area contributed by atoms with Gasteiger partial charge in [0.25, 0.3) is 5.91 Å². The second kappa shape index (κ2) is 6.19. The van der Waals surface area contributed by atoms with Crippen LogP contribution in [-0.2, 0) is 0 Å². The highest BCUT2D eigenvalue weighted by molar-refractivity contribution is 5.92. The van der Waals surface area contributed by atoms with Gasteiger partial charge < -0.3 is 10.8 Å². The Morgan fingerprint density at radius 2 is 2.17 bits per heavy atom. The number of nitriles is 1. The molecule has 1 aromatic heterocycles. The van der Waals surface area contributed by atoms with Crippen molar-refractivity contribution in [2.75, 3.05) is 13.1 Å². The minimum atomic E-state index is -0.636. The largest absolute Gasteiger partial charge is 0.390 e. The molecule has 0 radical (unpaired) electrons. The lowest BCUT2D eigenvalue weighted by molar-refractivity contribution is -0.0848. The van der Waals surface area contributed by atoms with Crippen LogP contribution in [0.4, 0.5) is 0 Å². The zero-order valence-corrected chi connectivity index (χ0v) is 14.2. The summed E-state index contributed by atoms with van der Waals surface area (Å²) in [6.45, 7) is 5.51. The van der Waals surface area contributed by atoms with Crippen LogP contribution in [0.2, 0.25) is 0 Å². The lowest BCUT2D eigenvalue weighted by atomic mass is 9.77.